The van der Waals surface area contributed by atoms with Gasteiger partial charge in [-0.2, -0.15) is 0 Å². The Hall–Kier alpha value is -1.59. The maximum Gasteiger partial charge on any atom is 0.513 e. The van der Waals surface area contributed by atoms with Crippen LogP contribution >= 0.6 is 0 Å². The van der Waals surface area contributed by atoms with E-state index in [-0.39, 0.29) is 16.9 Å². The first-order valence-electron chi connectivity index (χ1n) is 6.19. The van der Waals surface area contributed by atoms with Crippen LogP contribution in [-0.4, -0.2) is 18.2 Å². The highest BCUT2D eigenvalue weighted by Crippen LogP contribution is 2.31. The number of methoxy groups -OCH3 is 1. The average Bonchev–Trinajstić information content (AvgIpc) is 2.31. The van der Waals surface area contributed by atoms with Crippen LogP contribution in [0.4, 0.5) is 4.79 Å². The molecule has 0 heterocycles. The van der Waals surface area contributed by atoms with Gasteiger partial charge in [-0.1, -0.05) is 27.7 Å². The van der Waals surface area contributed by atoms with E-state index >= 15 is 0 Å². The molecule has 0 saturated carbocycles. The van der Waals surface area contributed by atoms with Crippen LogP contribution in [0.5, 0.6) is 0 Å². The molecule has 1 atom stereocenters. The fourth-order valence-corrected chi connectivity index (χ4v) is 1.33. The van der Waals surface area contributed by atoms with E-state index in [1.54, 1.807) is 0 Å². The Labute approximate surface area is 113 Å². The minimum absolute atomic E-state index is 0.0629. The zero-order chi connectivity index (χ0) is 15.2. The molecule has 0 N–H and O–H groups in total. The van der Waals surface area contributed by atoms with Crippen LogP contribution in [0.15, 0.2) is 11.5 Å². The van der Waals surface area contributed by atoms with E-state index in [2.05, 4.69) is 32.4 Å². The van der Waals surface area contributed by atoms with Crippen molar-refractivity contribution >= 4 is 6.16 Å². The summed E-state index contributed by atoms with van der Waals surface area (Å²) >= 11 is 0. The number of ether oxygens (including phenoxy) is 2. The molecular weight excluding hydrogens is 250 g/mol. The highest BCUT2D eigenvalue weighted by molar-refractivity contribution is 5.61. The molecule has 0 aromatic heterocycles. The highest BCUT2D eigenvalue weighted by Gasteiger charge is 2.24. The Kier molecular flexibility index (Phi) is 6.52. The summed E-state index contributed by atoms with van der Waals surface area (Å²) in [5, 5.41) is 10.8. The first-order chi connectivity index (χ1) is 8.59. The Bertz CT molecular complexity index is 368. The smallest absolute Gasteiger partial charge is 0.437 e. The van der Waals surface area contributed by atoms with E-state index in [1.165, 1.54) is 14.0 Å². The van der Waals surface area contributed by atoms with Crippen molar-refractivity contribution in [3.63, 3.8) is 0 Å². The summed E-state index contributed by atoms with van der Waals surface area (Å²) in [7, 11) is 1.17. The second kappa shape index (κ2) is 7.11. The van der Waals surface area contributed by atoms with Crippen LogP contribution < -0.4 is 0 Å². The number of hydrogen-bond acceptors (Lipinski definition) is 5. The maximum atomic E-state index is 11.1. The van der Waals surface area contributed by atoms with Crippen LogP contribution in [0.2, 0.25) is 0 Å². The lowest BCUT2D eigenvalue weighted by Gasteiger charge is -2.27. The van der Waals surface area contributed by atoms with Gasteiger partial charge in [-0.15, -0.1) is 0 Å². The van der Waals surface area contributed by atoms with Crippen molar-refractivity contribution in [2.75, 3.05) is 7.11 Å². The van der Waals surface area contributed by atoms with Crippen molar-refractivity contribution in [1.82, 2.24) is 0 Å². The van der Waals surface area contributed by atoms with Crippen LogP contribution in [0, 0.1) is 21.4 Å². The van der Waals surface area contributed by atoms with Gasteiger partial charge in [-0.3, -0.25) is 10.1 Å². The molecule has 0 aliphatic rings. The normalized spacial score (nSPS) is 14.4. The van der Waals surface area contributed by atoms with Gasteiger partial charge in [0.15, 0.2) is 5.76 Å². The molecule has 0 aromatic carbocycles. The molecule has 6 nitrogen and oxygen atoms in total. The molecule has 0 rings (SSSR count). The van der Waals surface area contributed by atoms with E-state index in [9.17, 15) is 14.9 Å². The number of hydrogen-bond donors (Lipinski definition) is 0. The average molecular weight is 273 g/mol. The van der Waals surface area contributed by atoms with Crippen molar-refractivity contribution in [2.45, 2.75) is 47.5 Å². The van der Waals surface area contributed by atoms with E-state index in [0.29, 0.717) is 18.8 Å². The molecule has 1 unspecified atom stereocenters. The third-order valence-electron chi connectivity index (χ3n) is 3.33. The van der Waals surface area contributed by atoms with Crippen LogP contribution in [-0.2, 0) is 9.47 Å². The van der Waals surface area contributed by atoms with Gasteiger partial charge in [-0.05, 0) is 17.8 Å². The fraction of sp³-hybridized carbons (Fsp3) is 0.769. The Morgan fingerprint density at radius 1 is 1.37 bits per heavy atom. The molecule has 0 spiro atoms. The van der Waals surface area contributed by atoms with E-state index in [1.807, 2.05) is 0 Å². The summed E-state index contributed by atoms with van der Waals surface area (Å²) in [5.41, 5.74) is -0.0645. The zero-order valence-corrected chi connectivity index (χ0v) is 12.5. The van der Waals surface area contributed by atoms with E-state index in [4.69, 9.17) is 4.74 Å². The summed E-state index contributed by atoms with van der Waals surface area (Å²) in [6.45, 7) is 9.69. The topological polar surface area (TPSA) is 78.7 Å². The first-order valence-corrected chi connectivity index (χ1v) is 6.19. The molecule has 0 aliphatic heterocycles. The number of nitrogens with zero attached hydrogens (tertiary/aromatic N) is 1. The lowest BCUT2D eigenvalue weighted by atomic mass is 9.79. The quantitative estimate of drug-likeness (QED) is 0.330. The second-order valence-electron chi connectivity index (χ2n) is 5.63. The molecule has 6 heteroatoms. The van der Waals surface area contributed by atoms with E-state index in [0.717, 1.165) is 0 Å². The molecular formula is C13H23NO5. The van der Waals surface area contributed by atoms with E-state index < -0.39 is 11.1 Å². The summed E-state index contributed by atoms with van der Waals surface area (Å²) in [5.74, 6) is 0.399. The number of carbonyl (C=O) groups is 1. The van der Waals surface area contributed by atoms with Gasteiger partial charge in [0.25, 0.3) is 5.70 Å². The standard InChI is InChI=1S/C13H23NO5/c1-9(13(3,4)5)7-8-11(10(2)14(16)17)19-12(15)18-6/h9H,7-8H2,1-6H3/b11-10+. The minimum Gasteiger partial charge on any atom is -0.437 e. The highest BCUT2D eigenvalue weighted by atomic mass is 16.7. The second-order valence-corrected chi connectivity index (χ2v) is 5.63. The van der Waals surface area contributed by atoms with Crippen molar-refractivity contribution < 1.29 is 19.2 Å². The molecule has 19 heavy (non-hydrogen) atoms. The van der Waals surface area contributed by atoms with Crippen LogP contribution in [0.25, 0.3) is 0 Å². The van der Waals surface area contributed by atoms with Crippen LogP contribution in [0.3, 0.4) is 0 Å². The molecule has 0 saturated heterocycles. The predicted octanol–water partition coefficient (Wildman–Crippen LogP) is 3.74. The molecule has 0 bridgehead atoms. The summed E-state index contributed by atoms with van der Waals surface area (Å²) in [6.07, 6.45) is 0.0982. The molecule has 0 aliphatic carbocycles. The van der Waals surface area contributed by atoms with Gasteiger partial charge in [-0.25, -0.2) is 4.79 Å². The first kappa shape index (κ1) is 17.4. The van der Waals surface area contributed by atoms with Crippen molar-refractivity contribution in [3.05, 3.63) is 21.6 Å². The van der Waals surface area contributed by atoms with Crippen molar-refractivity contribution in [2.24, 2.45) is 11.3 Å². The lowest BCUT2D eigenvalue weighted by Crippen LogP contribution is -2.18. The number of carbonyl (C=O) groups excluding carboxylic acids is 1. The van der Waals surface area contributed by atoms with Gasteiger partial charge in [0.2, 0.25) is 0 Å². The van der Waals surface area contributed by atoms with Gasteiger partial charge in [0.05, 0.1) is 12.0 Å². The molecule has 0 fully saturated rings. The lowest BCUT2D eigenvalue weighted by molar-refractivity contribution is -0.427. The third-order valence-corrected chi connectivity index (χ3v) is 3.33. The Morgan fingerprint density at radius 2 is 1.89 bits per heavy atom. The Morgan fingerprint density at radius 3 is 2.26 bits per heavy atom. The number of rotatable bonds is 5. The number of allylic oxidation sites excluding steroid dienone is 2. The SMILES string of the molecule is COC(=O)O/C(CCC(C)C(C)(C)C)=C(\C)[N+](=O)[O-]. The largest absolute Gasteiger partial charge is 0.513 e. The molecule has 110 valence electrons. The molecule has 0 radical (unpaired) electrons. The summed E-state index contributed by atoms with van der Waals surface area (Å²) in [6, 6.07) is 0. The van der Waals surface area contributed by atoms with Crippen molar-refractivity contribution in [1.29, 1.82) is 0 Å². The fourth-order valence-electron chi connectivity index (χ4n) is 1.33. The minimum atomic E-state index is -0.931. The van der Waals surface area contributed by atoms with Crippen molar-refractivity contribution in [3.8, 4) is 0 Å². The van der Waals surface area contributed by atoms with Gasteiger partial charge < -0.3 is 9.47 Å². The zero-order valence-electron chi connectivity index (χ0n) is 12.5. The van der Waals surface area contributed by atoms with Gasteiger partial charge in [0, 0.05) is 13.3 Å². The summed E-state index contributed by atoms with van der Waals surface area (Å²) in [4.78, 5) is 21.3. The van der Waals surface area contributed by atoms with Gasteiger partial charge >= 0.3 is 6.16 Å². The molecule has 0 amide bonds. The maximum absolute atomic E-state index is 11.1. The monoisotopic (exact) mass is 273 g/mol. The third kappa shape index (κ3) is 6.22. The number of nitro groups is 1. The summed E-state index contributed by atoms with van der Waals surface area (Å²) < 4.78 is 9.23. The Balaban J connectivity index is 4.85. The predicted molar refractivity (Wildman–Crippen MR) is 71.0 cm³/mol. The molecule has 0 aromatic rings. The van der Waals surface area contributed by atoms with Crippen LogP contribution in [0.1, 0.15) is 47.5 Å². The van der Waals surface area contributed by atoms with Gasteiger partial charge in [0.1, 0.15) is 0 Å².